The molecule has 0 saturated carbocycles. The summed E-state index contributed by atoms with van der Waals surface area (Å²) in [4.78, 5) is 13.1. The number of hydrogen-bond donors (Lipinski definition) is 2. The molecule has 2 heterocycles. The molecule has 2 aromatic heterocycles. The summed E-state index contributed by atoms with van der Waals surface area (Å²) < 4.78 is 37.9. The summed E-state index contributed by atoms with van der Waals surface area (Å²) in [5.74, 6) is 0.287. The molecule has 9 heteroatoms. The van der Waals surface area contributed by atoms with Gasteiger partial charge in [-0.15, -0.1) is 11.3 Å². The second kappa shape index (κ2) is 5.75. The first-order valence-electron chi connectivity index (χ1n) is 6.79. The van der Waals surface area contributed by atoms with Gasteiger partial charge in [0.1, 0.15) is 10.8 Å². The Morgan fingerprint density at radius 2 is 1.67 bits per heavy atom. The maximum atomic E-state index is 12.6. The largest absolute Gasteiger partial charge is 0.416 e. The number of halogens is 3. The van der Waals surface area contributed by atoms with Gasteiger partial charge >= 0.3 is 6.18 Å². The Morgan fingerprint density at radius 1 is 1.00 bits per heavy atom. The van der Waals surface area contributed by atoms with Gasteiger partial charge in [0.25, 0.3) is 0 Å². The molecule has 0 saturated heterocycles. The predicted octanol–water partition coefficient (Wildman–Crippen LogP) is 3.76. The lowest BCUT2D eigenvalue weighted by molar-refractivity contribution is -0.137. The minimum atomic E-state index is -4.36. The van der Waals surface area contributed by atoms with Crippen LogP contribution in [-0.2, 0) is 6.18 Å². The van der Waals surface area contributed by atoms with E-state index in [9.17, 15) is 13.2 Å². The van der Waals surface area contributed by atoms with E-state index in [1.165, 1.54) is 23.5 Å². The van der Waals surface area contributed by atoms with E-state index in [0.29, 0.717) is 22.0 Å². The minimum absolute atomic E-state index is 0.0499. The van der Waals surface area contributed by atoms with Gasteiger partial charge in [0.2, 0.25) is 5.95 Å². The zero-order valence-corrected chi connectivity index (χ0v) is 13.2. The zero-order valence-electron chi connectivity index (χ0n) is 12.4. The Labute approximate surface area is 139 Å². The number of aryl methyl sites for hydroxylation is 1. The smallest absolute Gasteiger partial charge is 0.384 e. The number of nitrogens with zero attached hydrogens (tertiary/aromatic N) is 3. The first-order chi connectivity index (χ1) is 11.2. The molecule has 3 rings (SSSR count). The van der Waals surface area contributed by atoms with Crippen molar-refractivity contribution in [1.29, 1.82) is 0 Å². The normalized spacial score (nSPS) is 11.7. The minimum Gasteiger partial charge on any atom is -0.384 e. The fraction of sp³-hybridized carbons (Fsp3) is 0.133. The van der Waals surface area contributed by atoms with Crippen molar-refractivity contribution in [1.82, 2.24) is 15.0 Å². The average Bonchev–Trinajstić information content (AvgIpc) is 2.87. The lowest BCUT2D eigenvalue weighted by Gasteiger charge is -2.06. The molecule has 0 radical (unpaired) electrons. The monoisotopic (exact) mass is 351 g/mol. The summed E-state index contributed by atoms with van der Waals surface area (Å²) in [7, 11) is 0. The van der Waals surface area contributed by atoms with Crippen molar-refractivity contribution in [3.63, 3.8) is 0 Å². The summed E-state index contributed by atoms with van der Waals surface area (Å²) in [6.45, 7) is 1.79. The van der Waals surface area contributed by atoms with Crippen LogP contribution in [-0.4, -0.2) is 15.0 Å². The molecule has 1 aromatic carbocycles. The highest BCUT2D eigenvalue weighted by molar-refractivity contribution is 7.18. The molecule has 0 aliphatic heterocycles. The van der Waals surface area contributed by atoms with E-state index in [2.05, 4.69) is 15.0 Å². The summed E-state index contributed by atoms with van der Waals surface area (Å²) in [5, 5.41) is 0.590. The third-order valence-electron chi connectivity index (χ3n) is 3.25. The Kier molecular flexibility index (Phi) is 3.88. The molecule has 124 valence electrons. The van der Waals surface area contributed by atoms with Crippen molar-refractivity contribution >= 4 is 23.1 Å². The molecule has 0 fully saturated rings. The second-order valence-corrected chi connectivity index (χ2v) is 6.04. The van der Waals surface area contributed by atoms with E-state index >= 15 is 0 Å². The molecule has 0 amide bonds. The van der Waals surface area contributed by atoms with Gasteiger partial charge in [-0.2, -0.15) is 18.2 Å². The van der Waals surface area contributed by atoms with Crippen molar-refractivity contribution in [2.75, 3.05) is 11.5 Å². The molecule has 0 bridgehead atoms. The van der Waals surface area contributed by atoms with Crippen molar-refractivity contribution in [3.05, 3.63) is 41.6 Å². The van der Waals surface area contributed by atoms with E-state index in [1.807, 2.05) is 0 Å². The molecule has 3 aromatic rings. The van der Waals surface area contributed by atoms with Crippen molar-refractivity contribution in [2.45, 2.75) is 13.1 Å². The van der Waals surface area contributed by atoms with Crippen molar-refractivity contribution in [3.8, 4) is 21.1 Å². The zero-order chi connectivity index (χ0) is 17.5. The highest BCUT2D eigenvalue weighted by atomic mass is 32.1. The molecule has 0 aliphatic carbocycles. The predicted molar refractivity (Wildman–Crippen MR) is 87.1 cm³/mol. The first kappa shape index (κ1) is 16.2. The molecule has 24 heavy (non-hydrogen) atoms. The van der Waals surface area contributed by atoms with E-state index in [-0.39, 0.29) is 11.8 Å². The van der Waals surface area contributed by atoms with Crippen LogP contribution < -0.4 is 11.5 Å². The summed E-state index contributed by atoms with van der Waals surface area (Å²) in [6.07, 6.45) is -4.36. The van der Waals surface area contributed by atoms with Gasteiger partial charge in [-0.05, 0) is 19.1 Å². The van der Waals surface area contributed by atoms with Crippen molar-refractivity contribution in [2.24, 2.45) is 0 Å². The fourth-order valence-electron chi connectivity index (χ4n) is 2.16. The summed E-state index contributed by atoms with van der Waals surface area (Å²) >= 11 is 1.30. The number of aromatic nitrogens is 3. The third-order valence-corrected chi connectivity index (χ3v) is 4.48. The lowest BCUT2D eigenvalue weighted by atomic mass is 10.1. The molecular weight excluding hydrogens is 339 g/mol. The Morgan fingerprint density at radius 3 is 2.25 bits per heavy atom. The number of nitrogens with two attached hydrogens (primary N) is 2. The number of nitrogen functional groups attached to an aromatic ring is 2. The van der Waals surface area contributed by atoms with Crippen molar-refractivity contribution < 1.29 is 13.2 Å². The van der Waals surface area contributed by atoms with E-state index in [0.717, 1.165) is 17.0 Å². The van der Waals surface area contributed by atoms with E-state index < -0.39 is 11.7 Å². The number of alkyl halides is 3. The van der Waals surface area contributed by atoms with Crippen LogP contribution >= 0.6 is 11.3 Å². The quantitative estimate of drug-likeness (QED) is 0.734. The van der Waals surface area contributed by atoms with Gasteiger partial charge in [0, 0.05) is 11.6 Å². The van der Waals surface area contributed by atoms with Crippen LogP contribution in [0, 0.1) is 6.92 Å². The van der Waals surface area contributed by atoms with Crippen LogP contribution in [0.1, 0.15) is 11.3 Å². The van der Waals surface area contributed by atoms with Crippen LogP contribution in [0.2, 0.25) is 0 Å². The third kappa shape index (κ3) is 3.16. The molecule has 5 nitrogen and oxygen atoms in total. The molecule has 0 atom stereocenters. The van der Waals surface area contributed by atoms with Crippen LogP contribution in [0.5, 0.6) is 0 Å². The van der Waals surface area contributed by atoms with Gasteiger partial charge < -0.3 is 11.5 Å². The molecule has 4 N–H and O–H groups in total. The van der Waals surface area contributed by atoms with Gasteiger partial charge in [0.15, 0.2) is 0 Å². The van der Waals surface area contributed by atoms with Crippen LogP contribution in [0.15, 0.2) is 30.3 Å². The number of hydrogen-bond acceptors (Lipinski definition) is 6. The maximum Gasteiger partial charge on any atom is 0.416 e. The average molecular weight is 351 g/mol. The highest BCUT2D eigenvalue weighted by Gasteiger charge is 2.30. The topological polar surface area (TPSA) is 90.7 Å². The Balaban J connectivity index is 2.00. The van der Waals surface area contributed by atoms with Gasteiger partial charge in [-0.1, -0.05) is 12.1 Å². The maximum absolute atomic E-state index is 12.6. The van der Waals surface area contributed by atoms with Crippen LogP contribution in [0.4, 0.5) is 24.9 Å². The van der Waals surface area contributed by atoms with Gasteiger partial charge in [-0.3, -0.25) is 0 Å². The molecule has 0 aliphatic rings. The summed E-state index contributed by atoms with van der Waals surface area (Å²) in [5.41, 5.74) is 12.4. The van der Waals surface area contributed by atoms with E-state index in [1.54, 1.807) is 13.0 Å². The highest BCUT2D eigenvalue weighted by Crippen LogP contribution is 2.36. The standard InChI is InChI=1S/C15H12F3N5S/c1-7-12(10-6-11(19)23-14(20)22-10)24-13(21-7)8-2-4-9(5-3-8)15(16,17)18/h2-6H,1H3,(H4,19,20,22,23). The Hall–Kier alpha value is -2.68. The second-order valence-electron chi connectivity index (χ2n) is 5.04. The molecule has 0 unspecified atom stereocenters. The van der Waals surface area contributed by atoms with Crippen LogP contribution in [0.25, 0.3) is 21.1 Å². The molecular formula is C15H12F3N5S. The SMILES string of the molecule is Cc1nc(-c2ccc(C(F)(F)F)cc2)sc1-c1cc(N)nc(N)n1. The van der Waals surface area contributed by atoms with Gasteiger partial charge in [0.05, 0.1) is 21.8 Å². The number of benzene rings is 1. The van der Waals surface area contributed by atoms with Gasteiger partial charge in [-0.25, -0.2) is 9.97 Å². The number of anilines is 2. The Bertz CT molecular complexity index is 867. The molecule has 0 spiro atoms. The number of rotatable bonds is 2. The lowest BCUT2D eigenvalue weighted by Crippen LogP contribution is -2.03. The van der Waals surface area contributed by atoms with Crippen LogP contribution in [0.3, 0.4) is 0 Å². The summed E-state index contributed by atoms with van der Waals surface area (Å²) in [6, 6.07) is 6.44. The number of thiazole rings is 1. The first-order valence-corrected chi connectivity index (χ1v) is 7.61. The fourth-order valence-corrected chi connectivity index (χ4v) is 3.19. The van der Waals surface area contributed by atoms with E-state index in [4.69, 9.17) is 11.5 Å².